The van der Waals surface area contributed by atoms with Gasteiger partial charge in [-0.05, 0) is 62.6 Å². The summed E-state index contributed by atoms with van der Waals surface area (Å²) in [4.78, 5) is 24.3. The molecule has 3 aromatic rings. The molecule has 0 spiro atoms. The SMILES string of the molecule is Cc1ccc2nc(N3CCCCC3)c(/C=C3/N=C(c4ccccc4)OC3=O)cc2c1. The maximum Gasteiger partial charge on any atom is 0.363 e. The largest absolute Gasteiger partial charge is 0.402 e. The summed E-state index contributed by atoms with van der Waals surface area (Å²) in [5, 5.41) is 1.06. The van der Waals surface area contributed by atoms with Crippen molar-refractivity contribution in [1.29, 1.82) is 0 Å². The molecule has 0 N–H and O–H groups in total. The highest BCUT2D eigenvalue weighted by Gasteiger charge is 2.25. The summed E-state index contributed by atoms with van der Waals surface area (Å²) < 4.78 is 5.43. The van der Waals surface area contributed by atoms with Crippen molar-refractivity contribution < 1.29 is 9.53 Å². The molecule has 0 saturated carbocycles. The predicted octanol–water partition coefficient (Wildman–Crippen LogP) is 4.88. The van der Waals surface area contributed by atoms with Crippen molar-refractivity contribution >= 4 is 34.7 Å². The van der Waals surface area contributed by atoms with Crippen molar-refractivity contribution in [2.75, 3.05) is 18.0 Å². The number of carbonyl (C=O) groups excluding carboxylic acids is 1. The fraction of sp³-hybridized carbons (Fsp3) is 0.240. The molecule has 0 unspecified atom stereocenters. The van der Waals surface area contributed by atoms with Crippen molar-refractivity contribution in [2.45, 2.75) is 26.2 Å². The lowest BCUT2D eigenvalue weighted by Gasteiger charge is -2.29. The van der Waals surface area contributed by atoms with Gasteiger partial charge in [-0.2, -0.15) is 0 Å². The topological polar surface area (TPSA) is 54.8 Å². The van der Waals surface area contributed by atoms with Crippen molar-refractivity contribution in [3.8, 4) is 0 Å². The predicted molar refractivity (Wildman–Crippen MR) is 120 cm³/mol. The number of aryl methyl sites for hydroxylation is 1. The second kappa shape index (κ2) is 7.75. The number of fused-ring (bicyclic) bond motifs is 1. The molecule has 1 saturated heterocycles. The first kappa shape index (κ1) is 18.6. The maximum atomic E-state index is 12.5. The van der Waals surface area contributed by atoms with E-state index in [0.29, 0.717) is 11.6 Å². The van der Waals surface area contributed by atoms with E-state index in [4.69, 9.17) is 9.72 Å². The summed E-state index contributed by atoms with van der Waals surface area (Å²) in [5.41, 5.74) is 4.14. The highest BCUT2D eigenvalue weighted by atomic mass is 16.6. The molecule has 0 atom stereocenters. The minimum Gasteiger partial charge on any atom is -0.402 e. The third-order valence-electron chi connectivity index (χ3n) is 5.57. The average Bonchev–Trinajstić information content (AvgIpc) is 3.15. The smallest absolute Gasteiger partial charge is 0.363 e. The van der Waals surface area contributed by atoms with Crippen LogP contribution in [0.15, 0.2) is 65.3 Å². The first-order valence-corrected chi connectivity index (χ1v) is 10.4. The van der Waals surface area contributed by atoms with Gasteiger partial charge in [0.15, 0.2) is 5.70 Å². The number of nitrogens with zero attached hydrogens (tertiary/aromatic N) is 3. The number of esters is 1. The lowest BCUT2D eigenvalue weighted by atomic mass is 10.1. The Kier molecular flexibility index (Phi) is 4.79. The number of piperidine rings is 1. The number of anilines is 1. The molecular weight excluding hydrogens is 374 g/mol. The summed E-state index contributed by atoms with van der Waals surface area (Å²) in [5.74, 6) is 0.827. The first-order valence-electron chi connectivity index (χ1n) is 10.4. The summed E-state index contributed by atoms with van der Waals surface area (Å²) in [6.07, 6.45) is 5.37. The Hall–Kier alpha value is -3.47. The summed E-state index contributed by atoms with van der Waals surface area (Å²) in [6, 6.07) is 17.9. The average molecular weight is 397 g/mol. The van der Waals surface area contributed by atoms with Gasteiger partial charge in [-0.15, -0.1) is 0 Å². The van der Waals surface area contributed by atoms with E-state index >= 15 is 0 Å². The van der Waals surface area contributed by atoms with Crippen LogP contribution in [0.4, 0.5) is 5.82 Å². The number of pyridine rings is 1. The molecule has 1 fully saturated rings. The van der Waals surface area contributed by atoms with E-state index in [-0.39, 0.29) is 0 Å². The van der Waals surface area contributed by atoms with Gasteiger partial charge >= 0.3 is 5.97 Å². The number of hydrogen-bond acceptors (Lipinski definition) is 5. The van der Waals surface area contributed by atoms with Crippen molar-refractivity contribution in [3.63, 3.8) is 0 Å². The monoisotopic (exact) mass is 397 g/mol. The fourth-order valence-electron chi connectivity index (χ4n) is 4.03. The lowest BCUT2D eigenvalue weighted by Crippen LogP contribution is -2.30. The van der Waals surface area contributed by atoms with E-state index in [1.807, 2.05) is 36.4 Å². The Bertz CT molecular complexity index is 1180. The molecule has 3 heterocycles. The number of aromatic nitrogens is 1. The third kappa shape index (κ3) is 3.59. The standard InChI is InChI=1S/C25H23N3O2/c1-17-10-11-21-19(14-17)15-20(23(26-21)28-12-6-3-7-13-28)16-22-25(29)30-24(27-22)18-8-4-2-5-9-18/h2,4-5,8-11,14-16H,3,6-7,12-13H2,1H3/b22-16+. The number of carbonyl (C=O) groups is 1. The molecule has 5 nitrogen and oxygen atoms in total. The van der Waals surface area contributed by atoms with Crippen LogP contribution in [0.5, 0.6) is 0 Å². The zero-order chi connectivity index (χ0) is 20.5. The van der Waals surface area contributed by atoms with E-state index in [1.165, 1.54) is 12.0 Å². The number of hydrogen-bond donors (Lipinski definition) is 0. The molecule has 1 aromatic heterocycles. The zero-order valence-corrected chi connectivity index (χ0v) is 17.0. The van der Waals surface area contributed by atoms with Crippen LogP contribution in [0.2, 0.25) is 0 Å². The number of rotatable bonds is 3. The van der Waals surface area contributed by atoms with Crippen molar-refractivity contribution in [1.82, 2.24) is 4.98 Å². The van der Waals surface area contributed by atoms with E-state index < -0.39 is 5.97 Å². The first-order chi connectivity index (χ1) is 14.7. The molecule has 5 rings (SSSR count). The number of benzene rings is 2. The van der Waals surface area contributed by atoms with Crippen LogP contribution >= 0.6 is 0 Å². The number of cyclic esters (lactones) is 1. The molecule has 2 aliphatic heterocycles. The van der Waals surface area contributed by atoms with Crippen LogP contribution in [0.3, 0.4) is 0 Å². The minimum atomic E-state index is -0.428. The molecule has 0 aliphatic carbocycles. The summed E-state index contributed by atoms with van der Waals surface area (Å²) in [7, 11) is 0. The molecule has 0 amide bonds. The normalized spacial score (nSPS) is 18.0. The molecule has 0 bridgehead atoms. The Balaban J connectivity index is 1.61. The molecule has 2 aliphatic rings. The van der Waals surface area contributed by atoms with Crippen LogP contribution in [0.1, 0.15) is 36.0 Å². The van der Waals surface area contributed by atoms with Crippen LogP contribution in [0, 0.1) is 6.92 Å². The van der Waals surface area contributed by atoms with Crippen LogP contribution < -0.4 is 4.90 Å². The minimum absolute atomic E-state index is 0.306. The van der Waals surface area contributed by atoms with Gasteiger partial charge < -0.3 is 9.64 Å². The van der Waals surface area contributed by atoms with Crippen molar-refractivity contribution in [3.05, 3.63) is 77.0 Å². The van der Waals surface area contributed by atoms with Gasteiger partial charge in [0, 0.05) is 29.6 Å². The molecule has 0 radical (unpaired) electrons. The van der Waals surface area contributed by atoms with Gasteiger partial charge in [-0.3, -0.25) is 0 Å². The van der Waals surface area contributed by atoms with Gasteiger partial charge in [-0.1, -0.05) is 29.8 Å². The van der Waals surface area contributed by atoms with Gasteiger partial charge in [-0.25, -0.2) is 14.8 Å². The summed E-state index contributed by atoms with van der Waals surface area (Å²) in [6.45, 7) is 4.02. The molecule has 150 valence electrons. The second-order valence-electron chi connectivity index (χ2n) is 7.85. The lowest BCUT2D eigenvalue weighted by molar-refractivity contribution is -0.129. The van der Waals surface area contributed by atoms with E-state index in [2.05, 4.69) is 41.1 Å². The Morgan fingerprint density at radius 2 is 1.80 bits per heavy atom. The highest BCUT2D eigenvalue weighted by Crippen LogP contribution is 2.30. The highest BCUT2D eigenvalue weighted by molar-refractivity contribution is 6.13. The van der Waals surface area contributed by atoms with E-state index in [9.17, 15) is 4.79 Å². The molecule has 30 heavy (non-hydrogen) atoms. The second-order valence-corrected chi connectivity index (χ2v) is 7.85. The Morgan fingerprint density at radius 3 is 2.60 bits per heavy atom. The number of aliphatic imine (C=N–C) groups is 1. The van der Waals surface area contributed by atoms with Crippen molar-refractivity contribution in [2.24, 2.45) is 4.99 Å². The quantitative estimate of drug-likeness (QED) is 0.467. The van der Waals surface area contributed by atoms with Gasteiger partial charge in [0.1, 0.15) is 5.82 Å². The molecule has 5 heteroatoms. The van der Waals surface area contributed by atoms with Gasteiger partial charge in [0.05, 0.1) is 5.52 Å². The summed E-state index contributed by atoms with van der Waals surface area (Å²) >= 11 is 0. The molecular formula is C25H23N3O2. The Morgan fingerprint density at radius 1 is 1.00 bits per heavy atom. The van der Waals surface area contributed by atoms with E-state index in [1.54, 1.807) is 0 Å². The molecule has 2 aromatic carbocycles. The third-order valence-corrected chi connectivity index (χ3v) is 5.57. The van der Waals surface area contributed by atoms with Crippen LogP contribution in [0.25, 0.3) is 17.0 Å². The number of ether oxygens (including phenoxy) is 1. The van der Waals surface area contributed by atoms with E-state index in [0.717, 1.165) is 53.8 Å². The fourth-order valence-corrected chi connectivity index (χ4v) is 4.03. The van der Waals surface area contributed by atoms with Gasteiger partial charge in [0.25, 0.3) is 0 Å². The maximum absolute atomic E-state index is 12.5. The Labute approximate surface area is 175 Å². The van der Waals surface area contributed by atoms with Crippen LogP contribution in [-0.4, -0.2) is 29.9 Å². The van der Waals surface area contributed by atoms with Crippen LogP contribution in [-0.2, 0) is 9.53 Å². The zero-order valence-electron chi connectivity index (χ0n) is 17.0. The van der Waals surface area contributed by atoms with Gasteiger partial charge in [0.2, 0.25) is 5.90 Å².